The number of nitrogens with zero attached hydrogens (tertiary/aromatic N) is 2. The third-order valence-corrected chi connectivity index (χ3v) is 5.84. The summed E-state index contributed by atoms with van der Waals surface area (Å²) in [7, 11) is 3.07. The van der Waals surface area contributed by atoms with Gasteiger partial charge in [0.1, 0.15) is 11.5 Å². The minimum absolute atomic E-state index is 0.102. The van der Waals surface area contributed by atoms with Crippen LogP contribution < -0.4 is 15.0 Å². The highest BCUT2D eigenvalue weighted by molar-refractivity contribution is 9.10. The first kappa shape index (κ1) is 21.4. The predicted molar refractivity (Wildman–Crippen MR) is 119 cm³/mol. The van der Waals surface area contributed by atoms with Crippen LogP contribution in [0.5, 0.6) is 11.5 Å². The molecule has 3 rings (SSSR count). The maximum atomic E-state index is 12.9. The molecule has 1 heterocycles. The van der Waals surface area contributed by atoms with E-state index in [2.05, 4.69) is 20.9 Å². The molecule has 6 nitrogen and oxygen atoms in total. The van der Waals surface area contributed by atoms with Gasteiger partial charge in [-0.25, -0.2) is 4.98 Å². The number of rotatable bonds is 8. The number of benzene rings is 2. The molecule has 3 aromatic rings. The van der Waals surface area contributed by atoms with E-state index < -0.39 is 0 Å². The molecule has 8 heteroatoms. The molecule has 0 aliphatic carbocycles. The van der Waals surface area contributed by atoms with Crippen molar-refractivity contribution in [1.29, 1.82) is 0 Å². The van der Waals surface area contributed by atoms with Crippen LogP contribution in [0.25, 0.3) is 10.9 Å². The Kier molecular flexibility index (Phi) is 6.97. The summed E-state index contributed by atoms with van der Waals surface area (Å²) in [5, 5.41) is 1.09. The fourth-order valence-corrected chi connectivity index (χ4v) is 4.21. The quantitative estimate of drug-likeness (QED) is 0.269. The molecule has 0 atom stereocenters. The zero-order valence-electron chi connectivity index (χ0n) is 16.4. The maximum absolute atomic E-state index is 12.9. The van der Waals surface area contributed by atoms with Gasteiger partial charge in [-0.3, -0.25) is 14.2 Å². The molecule has 152 valence electrons. The Bertz CT molecular complexity index is 1110. The number of halogens is 1. The van der Waals surface area contributed by atoms with Gasteiger partial charge in [-0.15, -0.1) is 0 Å². The van der Waals surface area contributed by atoms with Crippen LogP contribution in [-0.4, -0.2) is 35.3 Å². The van der Waals surface area contributed by atoms with Crippen molar-refractivity contribution in [1.82, 2.24) is 9.55 Å². The zero-order chi connectivity index (χ0) is 21.0. The van der Waals surface area contributed by atoms with Crippen LogP contribution in [0.1, 0.15) is 23.7 Å². The Hall–Kier alpha value is -2.32. The lowest BCUT2D eigenvalue weighted by Crippen LogP contribution is -2.23. The lowest BCUT2D eigenvalue weighted by atomic mass is 10.1. The van der Waals surface area contributed by atoms with Gasteiger partial charge in [-0.05, 0) is 36.8 Å². The van der Waals surface area contributed by atoms with Gasteiger partial charge >= 0.3 is 0 Å². The van der Waals surface area contributed by atoms with Crippen molar-refractivity contribution >= 4 is 44.4 Å². The molecule has 0 unspecified atom stereocenters. The molecule has 0 aliphatic rings. The highest BCUT2D eigenvalue weighted by Gasteiger charge is 2.17. The van der Waals surface area contributed by atoms with Gasteiger partial charge in [0, 0.05) is 17.1 Å². The summed E-state index contributed by atoms with van der Waals surface area (Å²) < 4.78 is 13.0. The van der Waals surface area contributed by atoms with Gasteiger partial charge in [-0.2, -0.15) is 0 Å². The van der Waals surface area contributed by atoms with Crippen LogP contribution in [0.4, 0.5) is 0 Å². The number of carbonyl (C=O) groups excluding carboxylic acids is 1. The Balaban J connectivity index is 1.92. The molecule has 29 heavy (non-hydrogen) atoms. The molecule has 0 aliphatic heterocycles. The van der Waals surface area contributed by atoms with E-state index in [1.165, 1.54) is 18.9 Å². The molecular weight excluding hydrogens is 456 g/mol. The van der Waals surface area contributed by atoms with Crippen LogP contribution in [0.3, 0.4) is 0 Å². The zero-order valence-corrected chi connectivity index (χ0v) is 18.8. The Morgan fingerprint density at radius 1 is 1.17 bits per heavy atom. The molecule has 2 aromatic carbocycles. The van der Waals surface area contributed by atoms with Crippen molar-refractivity contribution < 1.29 is 14.3 Å². The third-order valence-electron chi connectivity index (χ3n) is 4.37. The largest absolute Gasteiger partial charge is 0.497 e. The van der Waals surface area contributed by atoms with E-state index in [9.17, 15) is 9.59 Å². The Labute approximate surface area is 181 Å². The smallest absolute Gasteiger partial charge is 0.262 e. The number of hydrogen-bond donors (Lipinski definition) is 0. The fraction of sp³-hybridized carbons (Fsp3) is 0.286. The lowest BCUT2D eigenvalue weighted by molar-refractivity contribution is 0.101. The van der Waals surface area contributed by atoms with Crippen LogP contribution >= 0.6 is 27.7 Å². The second kappa shape index (κ2) is 9.45. The first-order chi connectivity index (χ1) is 14.0. The summed E-state index contributed by atoms with van der Waals surface area (Å²) in [6.07, 6.45) is 0.787. The average molecular weight is 477 g/mol. The number of thioether (sulfide) groups is 1. The van der Waals surface area contributed by atoms with Crippen molar-refractivity contribution in [3.63, 3.8) is 0 Å². The van der Waals surface area contributed by atoms with Crippen molar-refractivity contribution in [3.8, 4) is 11.5 Å². The highest BCUT2D eigenvalue weighted by atomic mass is 79.9. The number of hydrogen-bond acceptors (Lipinski definition) is 6. The number of aromatic nitrogens is 2. The first-order valence-corrected chi connectivity index (χ1v) is 10.8. The van der Waals surface area contributed by atoms with Crippen LogP contribution in [0, 0.1) is 0 Å². The molecule has 0 radical (unpaired) electrons. The second-order valence-corrected chi connectivity index (χ2v) is 8.15. The van der Waals surface area contributed by atoms with Crippen LogP contribution in [0.2, 0.25) is 0 Å². The van der Waals surface area contributed by atoms with E-state index in [1.807, 2.05) is 13.0 Å². The molecule has 0 amide bonds. The molecule has 0 fully saturated rings. The first-order valence-electron chi connectivity index (χ1n) is 9.06. The number of Topliss-reactive ketones (excluding diaryl/α,β-unsaturated/α-hetero) is 1. The van der Waals surface area contributed by atoms with E-state index in [-0.39, 0.29) is 17.1 Å². The van der Waals surface area contributed by atoms with Gasteiger partial charge in [0.05, 0.1) is 36.4 Å². The fourth-order valence-electron chi connectivity index (χ4n) is 2.94. The van der Waals surface area contributed by atoms with Gasteiger partial charge in [0.25, 0.3) is 5.56 Å². The number of carbonyl (C=O) groups is 1. The second-order valence-electron chi connectivity index (χ2n) is 6.29. The summed E-state index contributed by atoms with van der Waals surface area (Å²) in [6, 6.07) is 10.5. The van der Waals surface area contributed by atoms with E-state index in [4.69, 9.17) is 9.47 Å². The Morgan fingerprint density at radius 3 is 2.66 bits per heavy atom. The molecule has 0 saturated carbocycles. The van der Waals surface area contributed by atoms with Crippen molar-refractivity contribution in [3.05, 3.63) is 56.8 Å². The summed E-state index contributed by atoms with van der Waals surface area (Å²) in [4.78, 5) is 30.4. The molecule has 0 N–H and O–H groups in total. The van der Waals surface area contributed by atoms with E-state index >= 15 is 0 Å². The SMILES string of the molecule is CCCn1c(SCC(=O)c2ccc(OC)cc2OC)nc2ccc(Br)cc2c1=O. The lowest BCUT2D eigenvalue weighted by Gasteiger charge is -2.13. The maximum Gasteiger partial charge on any atom is 0.262 e. The van der Waals surface area contributed by atoms with Gasteiger partial charge in [-0.1, -0.05) is 34.6 Å². The molecule has 0 bridgehead atoms. The van der Waals surface area contributed by atoms with Crippen molar-refractivity contribution in [2.24, 2.45) is 0 Å². The molecular formula is C21H21BrN2O4S. The molecule has 0 saturated heterocycles. The van der Waals surface area contributed by atoms with Crippen molar-refractivity contribution in [2.45, 2.75) is 25.0 Å². The van der Waals surface area contributed by atoms with Gasteiger partial charge < -0.3 is 9.47 Å². The van der Waals surface area contributed by atoms with Crippen molar-refractivity contribution in [2.75, 3.05) is 20.0 Å². The molecule has 1 aromatic heterocycles. The average Bonchev–Trinajstić information content (AvgIpc) is 2.74. The summed E-state index contributed by atoms with van der Waals surface area (Å²) in [6.45, 7) is 2.54. The monoisotopic (exact) mass is 476 g/mol. The van der Waals surface area contributed by atoms with E-state index in [0.717, 1.165) is 10.9 Å². The standard InChI is InChI=1S/C21H21BrN2O4S/c1-4-9-24-20(26)16-10-13(22)5-8-17(16)23-21(24)29-12-18(25)15-7-6-14(27-2)11-19(15)28-3/h5-8,10-11H,4,9,12H2,1-3H3. The number of ketones is 1. The predicted octanol–water partition coefficient (Wildman–Crippen LogP) is 4.56. The summed E-state index contributed by atoms with van der Waals surface area (Å²) in [5.74, 6) is 1.10. The number of ether oxygens (including phenoxy) is 2. The Morgan fingerprint density at radius 2 is 1.97 bits per heavy atom. The summed E-state index contributed by atoms with van der Waals surface area (Å²) >= 11 is 4.66. The highest BCUT2D eigenvalue weighted by Crippen LogP contribution is 2.27. The normalized spacial score (nSPS) is 10.9. The van der Waals surface area contributed by atoms with Gasteiger partial charge in [0.2, 0.25) is 0 Å². The minimum Gasteiger partial charge on any atom is -0.497 e. The number of fused-ring (bicyclic) bond motifs is 1. The third kappa shape index (κ3) is 4.64. The molecule has 0 spiro atoms. The minimum atomic E-state index is -0.109. The van der Waals surface area contributed by atoms with Crippen LogP contribution in [-0.2, 0) is 6.54 Å². The van der Waals surface area contributed by atoms with Gasteiger partial charge in [0.15, 0.2) is 10.9 Å². The van der Waals surface area contributed by atoms with E-state index in [1.54, 1.807) is 42.0 Å². The number of methoxy groups -OCH3 is 2. The van der Waals surface area contributed by atoms with E-state index in [0.29, 0.717) is 39.7 Å². The van der Waals surface area contributed by atoms with Crippen LogP contribution in [0.15, 0.2) is 50.8 Å². The topological polar surface area (TPSA) is 70.4 Å². The summed E-state index contributed by atoms with van der Waals surface area (Å²) in [5.41, 5.74) is 0.979.